The van der Waals surface area contributed by atoms with E-state index in [1.807, 2.05) is 24.3 Å². The van der Waals surface area contributed by atoms with Crippen molar-refractivity contribution in [1.82, 2.24) is 5.32 Å². The van der Waals surface area contributed by atoms with Crippen molar-refractivity contribution in [2.75, 3.05) is 26.1 Å². The number of benzene rings is 2. The Kier molecular flexibility index (Phi) is 6.83. The molecule has 0 aliphatic heterocycles. The fourth-order valence-electron chi connectivity index (χ4n) is 2.22. The normalized spacial score (nSPS) is 10.0. The number of methoxy groups -OCH3 is 1. The van der Waals surface area contributed by atoms with Crippen molar-refractivity contribution < 1.29 is 19.1 Å². The summed E-state index contributed by atoms with van der Waals surface area (Å²) in [5.74, 6) is 0.843. The minimum absolute atomic E-state index is 0.00543. The van der Waals surface area contributed by atoms with Gasteiger partial charge in [0.1, 0.15) is 0 Å². The molecular formula is C19H22N2O4. The third-order valence-corrected chi connectivity index (χ3v) is 3.59. The molecule has 0 aromatic heterocycles. The van der Waals surface area contributed by atoms with Crippen LogP contribution in [0.1, 0.15) is 12.0 Å². The van der Waals surface area contributed by atoms with E-state index in [1.165, 1.54) is 0 Å². The number of ether oxygens (including phenoxy) is 2. The number of carbonyl (C=O) groups is 2. The van der Waals surface area contributed by atoms with Crippen LogP contribution in [0, 0.1) is 0 Å². The molecule has 0 saturated carbocycles. The molecule has 0 radical (unpaired) electrons. The molecule has 0 aliphatic rings. The minimum atomic E-state index is -0.260. The summed E-state index contributed by atoms with van der Waals surface area (Å²) in [6.07, 6.45) is 1.10. The summed E-state index contributed by atoms with van der Waals surface area (Å²) in [5.41, 5.74) is 1.71. The van der Waals surface area contributed by atoms with Gasteiger partial charge in [-0.3, -0.25) is 9.59 Å². The molecule has 2 aromatic carbocycles. The topological polar surface area (TPSA) is 76.7 Å². The van der Waals surface area contributed by atoms with E-state index in [1.54, 1.807) is 38.4 Å². The van der Waals surface area contributed by atoms with E-state index in [0.29, 0.717) is 30.0 Å². The lowest BCUT2D eigenvalue weighted by atomic mass is 10.1. The predicted molar refractivity (Wildman–Crippen MR) is 95.9 cm³/mol. The summed E-state index contributed by atoms with van der Waals surface area (Å²) in [5, 5.41) is 5.36. The van der Waals surface area contributed by atoms with Gasteiger partial charge in [0.15, 0.2) is 18.1 Å². The molecule has 0 spiro atoms. The molecule has 0 saturated heterocycles. The summed E-state index contributed by atoms with van der Waals surface area (Å²) < 4.78 is 10.7. The highest BCUT2D eigenvalue weighted by molar-refractivity contribution is 5.91. The molecule has 2 N–H and O–H groups in total. The first-order valence-electron chi connectivity index (χ1n) is 7.97. The van der Waals surface area contributed by atoms with Gasteiger partial charge in [0, 0.05) is 19.2 Å². The largest absolute Gasteiger partial charge is 0.493 e. The second-order valence-electron chi connectivity index (χ2n) is 5.36. The molecule has 6 heteroatoms. The van der Waals surface area contributed by atoms with Crippen molar-refractivity contribution in [1.29, 1.82) is 0 Å². The molecule has 25 heavy (non-hydrogen) atoms. The first-order chi connectivity index (χ1) is 12.1. The maximum Gasteiger partial charge on any atom is 0.262 e. The molecule has 2 amide bonds. The molecule has 0 heterocycles. The molecule has 0 unspecified atom stereocenters. The van der Waals surface area contributed by atoms with Crippen LogP contribution in [0.5, 0.6) is 11.5 Å². The number of carbonyl (C=O) groups excluding carboxylic acids is 2. The molecule has 0 bridgehead atoms. The van der Waals surface area contributed by atoms with E-state index in [0.717, 1.165) is 5.56 Å². The van der Waals surface area contributed by atoms with Crippen LogP contribution in [0.15, 0.2) is 48.5 Å². The first-order valence-corrected chi connectivity index (χ1v) is 7.97. The summed E-state index contributed by atoms with van der Waals surface area (Å²) in [7, 11) is 3.17. The first kappa shape index (κ1) is 18.3. The van der Waals surface area contributed by atoms with Crippen molar-refractivity contribution in [2.45, 2.75) is 12.8 Å². The fraction of sp³-hybridized carbons (Fsp3) is 0.263. The highest BCUT2D eigenvalue weighted by Gasteiger charge is 2.07. The highest BCUT2D eigenvalue weighted by atomic mass is 16.5. The van der Waals surface area contributed by atoms with Gasteiger partial charge in [0.2, 0.25) is 5.91 Å². The number of hydrogen-bond acceptors (Lipinski definition) is 4. The Hall–Kier alpha value is -3.02. The lowest BCUT2D eigenvalue weighted by molar-refractivity contribution is -0.120. The smallest absolute Gasteiger partial charge is 0.262 e. The number of aryl methyl sites for hydroxylation is 1. The van der Waals surface area contributed by atoms with Gasteiger partial charge in [-0.05, 0) is 36.2 Å². The van der Waals surface area contributed by atoms with Gasteiger partial charge in [-0.15, -0.1) is 0 Å². The summed E-state index contributed by atoms with van der Waals surface area (Å²) in [4.78, 5) is 23.2. The SMILES string of the molecule is CNC(=O)CCc1ccc(NC(=O)COc2ccccc2OC)cc1. The van der Waals surface area contributed by atoms with Crippen LogP contribution >= 0.6 is 0 Å². The van der Waals surface area contributed by atoms with Crippen LogP contribution in [0.4, 0.5) is 5.69 Å². The summed E-state index contributed by atoms with van der Waals surface area (Å²) >= 11 is 0. The van der Waals surface area contributed by atoms with Gasteiger partial charge in [-0.25, -0.2) is 0 Å². The molecule has 6 nitrogen and oxygen atoms in total. The Bertz CT molecular complexity index is 714. The Labute approximate surface area is 147 Å². The third kappa shape index (κ3) is 5.84. The quantitative estimate of drug-likeness (QED) is 0.772. The summed E-state index contributed by atoms with van der Waals surface area (Å²) in [6.45, 7) is -0.112. The maximum atomic E-state index is 12.0. The Balaban J connectivity index is 1.83. The van der Waals surface area contributed by atoms with Crippen LogP contribution in [0.3, 0.4) is 0 Å². The Morgan fingerprint density at radius 2 is 1.64 bits per heavy atom. The van der Waals surface area contributed by atoms with Crippen LogP contribution in [0.25, 0.3) is 0 Å². The monoisotopic (exact) mass is 342 g/mol. The fourth-order valence-corrected chi connectivity index (χ4v) is 2.22. The molecule has 0 fully saturated rings. The predicted octanol–water partition coefficient (Wildman–Crippen LogP) is 2.39. The van der Waals surface area contributed by atoms with Crippen molar-refractivity contribution in [3.8, 4) is 11.5 Å². The minimum Gasteiger partial charge on any atom is -0.493 e. The van der Waals surface area contributed by atoms with Crippen LogP contribution in [0.2, 0.25) is 0 Å². The molecule has 132 valence electrons. The number of rotatable bonds is 8. The van der Waals surface area contributed by atoms with E-state index in [9.17, 15) is 9.59 Å². The molecule has 0 atom stereocenters. The van der Waals surface area contributed by atoms with Gasteiger partial charge in [0.05, 0.1) is 7.11 Å². The Morgan fingerprint density at radius 3 is 2.28 bits per heavy atom. The Morgan fingerprint density at radius 1 is 0.960 bits per heavy atom. The van der Waals surface area contributed by atoms with E-state index in [4.69, 9.17) is 9.47 Å². The van der Waals surface area contributed by atoms with Crippen LogP contribution in [-0.4, -0.2) is 32.6 Å². The third-order valence-electron chi connectivity index (χ3n) is 3.59. The second-order valence-corrected chi connectivity index (χ2v) is 5.36. The number of amides is 2. The number of para-hydroxylation sites is 2. The molecule has 0 aliphatic carbocycles. The lowest BCUT2D eigenvalue weighted by Crippen LogP contribution is -2.20. The van der Waals surface area contributed by atoms with E-state index >= 15 is 0 Å². The summed E-state index contributed by atoms with van der Waals surface area (Å²) in [6, 6.07) is 14.5. The van der Waals surface area contributed by atoms with Crippen molar-refractivity contribution in [2.24, 2.45) is 0 Å². The van der Waals surface area contributed by atoms with Gasteiger partial charge >= 0.3 is 0 Å². The lowest BCUT2D eigenvalue weighted by Gasteiger charge is -2.10. The number of nitrogens with one attached hydrogen (secondary N) is 2. The van der Waals surface area contributed by atoms with E-state index in [2.05, 4.69) is 10.6 Å². The van der Waals surface area contributed by atoms with E-state index in [-0.39, 0.29) is 18.4 Å². The van der Waals surface area contributed by atoms with E-state index < -0.39 is 0 Å². The highest BCUT2D eigenvalue weighted by Crippen LogP contribution is 2.25. The zero-order valence-corrected chi connectivity index (χ0v) is 14.4. The van der Waals surface area contributed by atoms with Gasteiger partial charge in [0.25, 0.3) is 5.91 Å². The molecular weight excluding hydrogens is 320 g/mol. The van der Waals surface area contributed by atoms with Crippen molar-refractivity contribution in [3.63, 3.8) is 0 Å². The van der Waals surface area contributed by atoms with Crippen molar-refractivity contribution >= 4 is 17.5 Å². The molecule has 2 aromatic rings. The zero-order chi connectivity index (χ0) is 18.1. The number of anilines is 1. The number of hydrogen-bond donors (Lipinski definition) is 2. The zero-order valence-electron chi connectivity index (χ0n) is 14.4. The van der Waals surface area contributed by atoms with Crippen molar-refractivity contribution in [3.05, 3.63) is 54.1 Å². The van der Waals surface area contributed by atoms with Gasteiger partial charge in [-0.2, -0.15) is 0 Å². The maximum absolute atomic E-state index is 12.0. The van der Waals surface area contributed by atoms with Gasteiger partial charge in [-0.1, -0.05) is 24.3 Å². The average Bonchev–Trinajstić information content (AvgIpc) is 2.65. The van der Waals surface area contributed by atoms with Gasteiger partial charge < -0.3 is 20.1 Å². The molecule has 2 rings (SSSR count). The average molecular weight is 342 g/mol. The van der Waals surface area contributed by atoms with Crippen LogP contribution in [-0.2, 0) is 16.0 Å². The van der Waals surface area contributed by atoms with Crippen LogP contribution < -0.4 is 20.1 Å². The standard InChI is InChI=1S/C19H22N2O4/c1-20-18(22)12-9-14-7-10-15(11-8-14)21-19(23)13-25-17-6-4-3-5-16(17)24-2/h3-8,10-11H,9,12-13H2,1-2H3,(H,20,22)(H,21,23). The second kappa shape index (κ2) is 9.32.